The molecule has 4 nitrogen and oxygen atoms in total. The van der Waals surface area contributed by atoms with Crippen molar-refractivity contribution in [1.29, 1.82) is 0 Å². The van der Waals surface area contributed by atoms with E-state index in [0.29, 0.717) is 16.9 Å². The largest absolute Gasteiger partial charge is 0.540 e. The number of rotatable bonds is 7. The topological polar surface area (TPSA) is 55.8 Å². The number of allylic oxidation sites excluding steroid dienone is 4. The molecule has 1 aromatic carbocycles. The van der Waals surface area contributed by atoms with Gasteiger partial charge in [0.05, 0.1) is 5.56 Å². The molecule has 28 heavy (non-hydrogen) atoms. The molecule has 0 bridgehead atoms. The van der Waals surface area contributed by atoms with Crippen LogP contribution in [0.5, 0.6) is 11.5 Å². The fraction of sp³-hybridized carbons (Fsp3) is 0.435. The molecular weight excluding hydrogens is 351 g/mol. The van der Waals surface area contributed by atoms with E-state index in [1.54, 1.807) is 19.1 Å². The maximum atomic E-state index is 11.8. The van der Waals surface area contributed by atoms with Crippen LogP contribution in [-0.4, -0.2) is 24.7 Å². The standard InChI is InChI=1S/C23H29BO4/c1-15(2)8-6-9-16(3)10-7-12-23(5)13-11-18-19(27-23)14-17(4)20(21(18)25)22(26)28-24/h8,10-11,13-14,25H,6-7,9,12H2,1-5H3/t23-/m0/s1. The van der Waals surface area contributed by atoms with Gasteiger partial charge in [0.1, 0.15) is 22.7 Å². The molecule has 0 unspecified atom stereocenters. The molecule has 1 atom stereocenters. The minimum Gasteiger partial charge on any atom is -0.540 e. The van der Waals surface area contributed by atoms with E-state index in [2.05, 4.69) is 37.6 Å². The molecule has 2 rings (SSSR count). The molecule has 1 aromatic rings. The van der Waals surface area contributed by atoms with Gasteiger partial charge in [-0.15, -0.1) is 0 Å². The van der Waals surface area contributed by atoms with Gasteiger partial charge in [0, 0.05) is 0 Å². The average molecular weight is 380 g/mol. The third kappa shape index (κ3) is 5.31. The zero-order valence-corrected chi connectivity index (χ0v) is 17.5. The van der Waals surface area contributed by atoms with E-state index in [9.17, 15) is 9.90 Å². The molecule has 0 saturated heterocycles. The van der Waals surface area contributed by atoms with Crippen LogP contribution in [0.15, 0.2) is 35.4 Å². The van der Waals surface area contributed by atoms with Crippen molar-refractivity contribution in [3.63, 3.8) is 0 Å². The summed E-state index contributed by atoms with van der Waals surface area (Å²) < 4.78 is 10.4. The number of hydrogen-bond donors (Lipinski definition) is 1. The lowest BCUT2D eigenvalue weighted by atomic mass is 9.92. The highest BCUT2D eigenvalue weighted by Gasteiger charge is 2.30. The summed E-state index contributed by atoms with van der Waals surface area (Å²) in [7, 11) is 4.97. The molecule has 0 amide bonds. The first kappa shape index (κ1) is 21.9. The van der Waals surface area contributed by atoms with Crippen molar-refractivity contribution in [2.75, 3.05) is 0 Å². The van der Waals surface area contributed by atoms with E-state index in [1.165, 1.54) is 11.1 Å². The Hall–Kier alpha value is -2.43. The maximum absolute atomic E-state index is 11.8. The SMILES string of the molecule is [B]OC(=O)c1c(C)cc2c(c1O)C=C[C@](C)(CCC=C(C)CCC=C(C)C)O2. The molecule has 1 N–H and O–H groups in total. The van der Waals surface area contributed by atoms with E-state index < -0.39 is 11.6 Å². The lowest BCUT2D eigenvalue weighted by Gasteiger charge is -2.32. The summed E-state index contributed by atoms with van der Waals surface area (Å²) in [5.74, 6) is -0.384. The number of ether oxygens (including phenoxy) is 1. The summed E-state index contributed by atoms with van der Waals surface area (Å²) in [5, 5.41) is 10.5. The first-order chi connectivity index (χ1) is 13.2. The first-order valence-electron chi connectivity index (χ1n) is 9.61. The Bertz CT molecular complexity index is 831. The Morgan fingerprint density at radius 1 is 1.29 bits per heavy atom. The van der Waals surface area contributed by atoms with Crippen molar-refractivity contribution in [2.24, 2.45) is 0 Å². The number of aryl methyl sites for hydroxylation is 1. The summed E-state index contributed by atoms with van der Waals surface area (Å²) in [4.78, 5) is 11.8. The molecule has 5 heteroatoms. The molecule has 148 valence electrons. The van der Waals surface area contributed by atoms with Gasteiger partial charge < -0.3 is 14.5 Å². The Morgan fingerprint density at radius 2 is 2.00 bits per heavy atom. The third-order valence-corrected chi connectivity index (χ3v) is 4.98. The van der Waals surface area contributed by atoms with Crippen LogP contribution >= 0.6 is 0 Å². The molecule has 0 aliphatic carbocycles. The van der Waals surface area contributed by atoms with Gasteiger partial charge in [-0.1, -0.05) is 23.3 Å². The number of hydrogen-bond acceptors (Lipinski definition) is 4. The summed E-state index contributed by atoms with van der Waals surface area (Å²) in [6.45, 7) is 10.1. The lowest BCUT2D eigenvalue weighted by Crippen LogP contribution is -2.32. The highest BCUT2D eigenvalue weighted by molar-refractivity contribution is 6.11. The Balaban J connectivity index is 2.09. The second-order valence-electron chi connectivity index (χ2n) is 7.89. The predicted octanol–water partition coefficient (Wildman–Crippen LogP) is 5.58. The number of carbonyl (C=O) groups is 1. The number of fused-ring (bicyclic) bond motifs is 1. The molecule has 0 saturated carbocycles. The third-order valence-electron chi connectivity index (χ3n) is 4.98. The van der Waals surface area contributed by atoms with E-state index in [-0.39, 0.29) is 11.3 Å². The molecule has 0 fully saturated rings. The molecule has 1 aliphatic rings. The summed E-state index contributed by atoms with van der Waals surface area (Å²) in [6.07, 6.45) is 12.1. The second-order valence-corrected chi connectivity index (χ2v) is 7.89. The minimum absolute atomic E-state index is 0.0630. The number of aromatic hydroxyl groups is 1. The average Bonchev–Trinajstić information content (AvgIpc) is 2.60. The van der Waals surface area contributed by atoms with Crippen molar-refractivity contribution in [2.45, 2.75) is 65.9 Å². The second kappa shape index (κ2) is 9.18. The molecular formula is C23H29BO4. The number of carbonyl (C=O) groups excluding carboxylic acids is 1. The first-order valence-corrected chi connectivity index (χ1v) is 9.61. The van der Waals surface area contributed by atoms with Crippen molar-refractivity contribution in [1.82, 2.24) is 0 Å². The van der Waals surface area contributed by atoms with Crippen molar-refractivity contribution >= 4 is 20.1 Å². The van der Waals surface area contributed by atoms with Crippen molar-refractivity contribution < 1.29 is 19.3 Å². The van der Waals surface area contributed by atoms with Crippen LogP contribution in [0, 0.1) is 6.92 Å². The molecule has 1 aliphatic heterocycles. The van der Waals surface area contributed by atoms with Gasteiger partial charge in [0.2, 0.25) is 0 Å². The van der Waals surface area contributed by atoms with E-state index in [4.69, 9.17) is 12.8 Å². The highest BCUT2D eigenvalue weighted by atomic mass is 16.5. The van der Waals surface area contributed by atoms with Crippen LogP contribution in [0.3, 0.4) is 0 Å². The monoisotopic (exact) mass is 380 g/mol. The van der Waals surface area contributed by atoms with Crippen molar-refractivity contribution in [3.8, 4) is 11.5 Å². The molecule has 1 heterocycles. The zero-order valence-electron chi connectivity index (χ0n) is 17.5. The summed E-state index contributed by atoms with van der Waals surface area (Å²) >= 11 is 0. The lowest BCUT2D eigenvalue weighted by molar-refractivity contribution is 0.0745. The van der Waals surface area contributed by atoms with Crippen LogP contribution in [0.25, 0.3) is 6.08 Å². The number of phenols is 1. The minimum atomic E-state index is -0.770. The van der Waals surface area contributed by atoms with Crippen LogP contribution in [-0.2, 0) is 4.65 Å². The van der Waals surface area contributed by atoms with Gasteiger partial charge in [-0.25, -0.2) is 4.79 Å². The summed E-state index contributed by atoms with van der Waals surface area (Å²) in [6, 6.07) is 1.74. The van der Waals surface area contributed by atoms with Gasteiger partial charge in [-0.05, 0) is 84.1 Å². The Labute approximate surface area is 169 Å². The molecule has 0 aromatic heterocycles. The summed E-state index contributed by atoms with van der Waals surface area (Å²) in [5.41, 5.74) is 3.34. The zero-order chi connectivity index (χ0) is 20.9. The number of benzene rings is 1. The van der Waals surface area contributed by atoms with Gasteiger partial charge in [0.15, 0.2) is 0 Å². The highest BCUT2D eigenvalue weighted by Crippen LogP contribution is 2.41. The normalized spacial score (nSPS) is 18.2. The molecule has 2 radical (unpaired) electrons. The van der Waals surface area contributed by atoms with E-state index in [0.717, 1.165) is 25.7 Å². The van der Waals surface area contributed by atoms with Gasteiger partial charge in [-0.2, -0.15) is 0 Å². The van der Waals surface area contributed by atoms with E-state index in [1.807, 2.05) is 13.0 Å². The maximum Gasteiger partial charge on any atom is 0.378 e. The molecule has 0 spiro atoms. The van der Waals surface area contributed by atoms with Crippen LogP contribution in [0.4, 0.5) is 0 Å². The van der Waals surface area contributed by atoms with Crippen LogP contribution in [0.2, 0.25) is 0 Å². The predicted molar refractivity (Wildman–Crippen MR) is 114 cm³/mol. The Kier molecular flexibility index (Phi) is 7.17. The van der Waals surface area contributed by atoms with Crippen molar-refractivity contribution in [3.05, 3.63) is 52.1 Å². The van der Waals surface area contributed by atoms with E-state index >= 15 is 0 Å². The Morgan fingerprint density at radius 3 is 2.64 bits per heavy atom. The van der Waals surface area contributed by atoms with Crippen LogP contribution in [0.1, 0.15) is 74.9 Å². The fourth-order valence-electron chi connectivity index (χ4n) is 3.32. The van der Waals surface area contributed by atoms with Crippen LogP contribution < -0.4 is 4.74 Å². The smallest absolute Gasteiger partial charge is 0.378 e. The quantitative estimate of drug-likeness (QED) is 0.496. The van der Waals surface area contributed by atoms with Gasteiger partial charge >= 0.3 is 14.0 Å². The van der Waals surface area contributed by atoms with Gasteiger partial charge in [0.25, 0.3) is 0 Å². The van der Waals surface area contributed by atoms with Gasteiger partial charge in [-0.3, -0.25) is 0 Å². The fourth-order valence-corrected chi connectivity index (χ4v) is 3.32. The number of phenolic OH excluding ortho intramolecular Hbond substituents is 1.